The monoisotopic (exact) mass is 370 g/mol. The minimum Gasteiger partial charge on any atom is -0.0882 e. The molecule has 0 bridgehead atoms. The van der Waals surface area contributed by atoms with E-state index in [1.165, 1.54) is 64.2 Å². The van der Waals surface area contributed by atoms with Crippen LogP contribution in [0.15, 0.2) is 12.2 Å². The molecule has 0 saturated heterocycles. The van der Waals surface area contributed by atoms with Gasteiger partial charge >= 0.3 is 0 Å². The second-order valence-electron chi connectivity index (χ2n) is 12.1. The fraction of sp³-hybridized carbons (Fsp3) is 0.926. The van der Waals surface area contributed by atoms with Crippen LogP contribution < -0.4 is 0 Å². The maximum Gasteiger partial charge on any atom is -0.0177 e. The van der Waals surface area contributed by atoms with Gasteiger partial charge in [0.15, 0.2) is 0 Å². The van der Waals surface area contributed by atoms with Crippen LogP contribution in [0.1, 0.15) is 105 Å². The smallest absolute Gasteiger partial charge is 0.0177 e. The molecule has 4 aliphatic rings. The molecule has 8 atom stereocenters. The number of hydrogen-bond acceptors (Lipinski definition) is 0. The molecule has 0 heteroatoms. The fourth-order valence-electron chi connectivity index (χ4n) is 8.85. The van der Waals surface area contributed by atoms with Gasteiger partial charge in [0.25, 0.3) is 0 Å². The Balaban J connectivity index is 1.47. The van der Waals surface area contributed by atoms with Crippen LogP contribution in [-0.2, 0) is 0 Å². The van der Waals surface area contributed by atoms with Gasteiger partial charge in [-0.2, -0.15) is 0 Å². The van der Waals surface area contributed by atoms with Crippen molar-refractivity contribution in [1.29, 1.82) is 0 Å². The number of rotatable bonds is 5. The molecule has 27 heavy (non-hydrogen) atoms. The van der Waals surface area contributed by atoms with Crippen LogP contribution in [0.4, 0.5) is 0 Å². The van der Waals surface area contributed by atoms with E-state index in [9.17, 15) is 0 Å². The Morgan fingerprint density at radius 2 is 1.63 bits per heavy atom. The normalized spacial score (nSPS) is 47.4. The molecule has 0 N–H and O–H groups in total. The summed E-state index contributed by atoms with van der Waals surface area (Å²) in [5, 5.41) is 0. The molecule has 154 valence electrons. The predicted molar refractivity (Wildman–Crippen MR) is 118 cm³/mol. The summed E-state index contributed by atoms with van der Waals surface area (Å²) in [6.07, 6.45) is 21.4. The van der Waals surface area contributed by atoms with Crippen molar-refractivity contribution in [1.82, 2.24) is 0 Å². The van der Waals surface area contributed by atoms with Gasteiger partial charge in [-0.3, -0.25) is 0 Å². The zero-order valence-electron chi connectivity index (χ0n) is 19.0. The topological polar surface area (TPSA) is 0 Å². The molecule has 0 aromatic rings. The Labute approximate surface area is 170 Å². The van der Waals surface area contributed by atoms with Gasteiger partial charge in [-0.1, -0.05) is 66.0 Å². The molecule has 4 rings (SSSR count). The average molecular weight is 371 g/mol. The van der Waals surface area contributed by atoms with Crippen molar-refractivity contribution in [3.8, 4) is 0 Å². The van der Waals surface area contributed by atoms with Crippen LogP contribution in [0.5, 0.6) is 0 Å². The molecular formula is C27H46. The van der Waals surface area contributed by atoms with Crippen LogP contribution in [0.3, 0.4) is 0 Å². The molecule has 0 radical (unpaired) electrons. The van der Waals surface area contributed by atoms with Gasteiger partial charge in [0.2, 0.25) is 0 Å². The van der Waals surface area contributed by atoms with Gasteiger partial charge in [-0.15, -0.1) is 0 Å². The summed E-state index contributed by atoms with van der Waals surface area (Å²) in [5.74, 6) is 6.83. The van der Waals surface area contributed by atoms with Crippen molar-refractivity contribution in [3.05, 3.63) is 12.2 Å². The molecule has 0 nitrogen and oxygen atoms in total. The third-order valence-electron chi connectivity index (χ3n) is 10.4. The lowest BCUT2D eigenvalue weighted by Gasteiger charge is -2.60. The third kappa shape index (κ3) is 3.36. The van der Waals surface area contributed by atoms with E-state index in [0.29, 0.717) is 10.8 Å². The first kappa shape index (κ1) is 20.0. The van der Waals surface area contributed by atoms with E-state index in [0.717, 1.165) is 41.4 Å². The lowest BCUT2D eigenvalue weighted by atomic mass is 9.45. The van der Waals surface area contributed by atoms with Gasteiger partial charge in [0.1, 0.15) is 0 Å². The molecule has 3 saturated carbocycles. The molecule has 0 amide bonds. The number of hydrogen-bond donors (Lipinski definition) is 0. The minimum absolute atomic E-state index is 0.625. The van der Waals surface area contributed by atoms with Gasteiger partial charge in [0, 0.05) is 0 Å². The molecule has 0 spiro atoms. The van der Waals surface area contributed by atoms with E-state index in [2.05, 4.69) is 46.8 Å². The highest BCUT2D eigenvalue weighted by Crippen LogP contribution is 2.67. The number of fused-ring (bicyclic) bond motifs is 5. The van der Waals surface area contributed by atoms with E-state index in [4.69, 9.17) is 0 Å². The first-order valence-electron chi connectivity index (χ1n) is 12.5. The Morgan fingerprint density at radius 3 is 2.41 bits per heavy atom. The summed E-state index contributed by atoms with van der Waals surface area (Å²) in [4.78, 5) is 0. The van der Waals surface area contributed by atoms with Crippen LogP contribution in [0, 0.1) is 52.3 Å². The van der Waals surface area contributed by atoms with Crippen molar-refractivity contribution in [2.45, 2.75) is 105 Å². The average Bonchev–Trinajstić information content (AvgIpc) is 2.98. The second kappa shape index (κ2) is 7.53. The molecule has 4 aliphatic carbocycles. The molecular weight excluding hydrogens is 324 g/mol. The van der Waals surface area contributed by atoms with Gasteiger partial charge in [-0.05, 0) is 104 Å². The maximum atomic E-state index is 2.74. The third-order valence-corrected chi connectivity index (χ3v) is 10.4. The lowest BCUT2D eigenvalue weighted by Crippen LogP contribution is -2.52. The maximum absolute atomic E-state index is 2.74. The predicted octanol–water partition coefficient (Wildman–Crippen LogP) is 8.27. The van der Waals surface area contributed by atoms with Gasteiger partial charge < -0.3 is 0 Å². The largest absolute Gasteiger partial charge is 0.0882 e. The van der Waals surface area contributed by atoms with Gasteiger partial charge in [0.05, 0.1) is 0 Å². The van der Waals surface area contributed by atoms with Crippen LogP contribution in [-0.4, -0.2) is 0 Å². The van der Waals surface area contributed by atoms with Crippen molar-refractivity contribution < 1.29 is 0 Å². The van der Waals surface area contributed by atoms with E-state index in [1.54, 1.807) is 6.42 Å². The Hall–Kier alpha value is -0.260. The Kier molecular flexibility index (Phi) is 5.59. The summed E-state index contributed by atoms with van der Waals surface area (Å²) >= 11 is 0. The quantitative estimate of drug-likeness (QED) is 0.427. The van der Waals surface area contributed by atoms with E-state index in [-0.39, 0.29) is 0 Å². The SMILES string of the molecule is CC(C)CCC[C@@H](C)[C@H]1CC[C@H]2[C@@H]3CC[C@H]4C=CCC[C@]4(C)[C@H]3CC[C@]12C. The first-order valence-corrected chi connectivity index (χ1v) is 12.5. The zero-order valence-corrected chi connectivity index (χ0v) is 19.0. The summed E-state index contributed by atoms with van der Waals surface area (Å²) in [5.41, 5.74) is 1.28. The molecule has 0 heterocycles. The van der Waals surface area contributed by atoms with Crippen molar-refractivity contribution >= 4 is 0 Å². The van der Waals surface area contributed by atoms with Crippen LogP contribution in [0.2, 0.25) is 0 Å². The number of allylic oxidation sites excluding steroid dienone is 2. The minimum atomic E-state index is 0.625. The van der Waals surface area contributed by atoms with Crippen molar-refractivity contribution in [2.75, 3.05) is 0 Å². The highest BCUT2D eigenvalue weighted by molar-refractivity contribution is 5.13. The van der Waals surface area contributed by atoms with Crippen LogP contribution in [0.25, 0.3) is 0 Å². The van der Waals surface area contributed by atoms with E-state index < -0.39 is 0 Å². The molecule has 0 aromatic heterocycles. The molecule has 0 aromatic carbocycles. The highest BCUT2D eigenvalue weighted by atomic mass is 14.6. The highest BCUT2D eigenvalue weighted by Gasteiger charge is 2.59. The van der Waals surface area contributed by atoms with E-state index >= 15 is 0 Å². The summed E-state index contributed by atoms with van der Waals surface area (Å²) in [7, 11) is 0. The zero-order chi connectivity index (χ0) is 19.2. The van der Waals surface area contributed by atoms with Crippen molar-refractivity contribution in [2.24, 2.45) is 52.3 Å². The standard InChI is InChI=1S/C27H46/c1-19(2)9-8-10-20(3)23-14-15-24-22-13-12-21-11-6-7-17-26(21,4)25(22)16-18-27(23,24)5/h6,11,19-25H,7-10,12-18H2,1-5H3/t20-,21-,22+,23-,24+,25+,26+,27-/m1/s1. The summed E-state index contributed by atoms with van der Waals surface area (Å²) in [6.45, 7) is 12.8. The summed E-state index contributed by atoms with van der Waals surface area (Å²) in [6, 6.07) is 0. The molecule has 0 aliphatic heterocycles. The first-order chi connectivity index (χ1) is 12.9. The summed E-state index contributed by atoms with van der Waals surface area (Å²) < 4.78 is 0. The molecule has 3 fully saturated rings. The Bertz CT molecular complexity index is 544. The fourth-order valence-corrected chi connectivity index (χ4v) is 8.85. The van der Waals surface area contributed by atoms with Crippen LogP contribution >= 0.6 is 0 Å². The van der Waals surface area contributed by atoms with E-state index in [1.807, 2.05) is 0 Å². The molecule has 0 unspecified atom stereocenters. The van der Waals surface area contributed by atoms with Gasteiger partial charge in [-0.25, -0.2) is 0 Å². The lowest BCUT2D eigenvalue weighted by molar-refractivity contribution is -0.0955. The van der Waals surface area contributed by atoms with Crippen molar-refractivity contribution in [3.63, 3.8) is 0 Å². The second-order valence-corrected chi connectivity index (χ2v) is 12.1. The Morgan fingerprint density at radius 1 is 0.852 bits per heavy atom.